The molecular weight excluding hydrogens is 416 g/mol. The minimum absolute atomic E-state index is 0.0125. The number of rotatable bonds is 9. The predicted octanol–water partition coefficient (Wildman–Crippen LogP) is 6.29. The molecule has 0 spiro atoms. The average Bonchev–Trinajstić information content (AvgIpc) is 3.40. The second-order valence-electron chi connectivity index (χ2n) is 9.98. The average molecular weight is 451 g/mol. The first-order valence-corrected chi connectivity index (χ1v) is 12.1. The predicted molar refractivity (Wildman–Crippen MR) is 127 cm³/mol. The lowest BCUT2D eigenvalue weighted by molar-refractivity contribution is -0.142. The minimum Gasteiger partial charge on any atom is -0.481 e. The molecule has 4 rings (SSSR count). The van der Waals surface area contributed by atoms with Gasteiger partial charge >= 0.3 is 5.97 Å². The van der Waals surface area contributed by atoms with Crippen LogP contribution in [0.25, 0.3) is 11.0 Å². The Kier molecular flexibility index (Phi) is 7.01. The van der Waals surface area contributed by atoms with Crippen LogP contribution in [0.2, 0.25) is 0 Å². The van der Waals surface area contributed by atoms with Crippen LogP contribution in [0.5, 0.6) is 0 Å². The number of carboxylic acid groups (broad SMARTS) is 1. The standard InChI is InChI=1S/C27H34N2O4/c1-17(2)13-20(27(31)32)15-25(30)19-10-11-24-22(14-19)28-26(16-21-8-6-12-33-21)29(24)23-9-5-4-7-18(23)3/h6,8,10-12,14,17-18,20,23H,4-5,7,9,13,15-16H2,1-3H3,(H,31,32)/t18?,20-,23?/m1/s1. The van der Waals surface area contributed by atoms with E-state index in [4.69, 9.17) is 9.40 Å². The highest BCUT2D eigenvalue weighted by Gasteiger charge is 2.28. The summed E-state index contributed by atoms with van der Waals surface area (Å²) < 4.78 is 7.96. The summed E-state index contributed by atoms with van der Waals surface area (Å²) in [5.74, 6) is 0.880. The van der Waals surface area contributed by atoms with Crippen LogP contribution in [0.15, 0.2) is 41.0 Å². The summed E-state index contributed by atoms with van der Waals surface area (Å²) in [5, 5.41) is 9.54. The van der Waals surface area contributed by atoms with E-state index < -0.39 is 11.9 Å². The van der Waals surface area contributed by atoms with E-state index in [1.54, 1.807) is 6.26 Å². The maximum atomic E-state index is 13.0. The van der Waals surface area contributed by atoms with Gasteiger partial charge in [-0.25, -0.2) is 4.98 Å². The maximum absolute atomic E-state index is 13.0. The van der Waals surface area contributed by atoms with Crippen molar-refractivity contribution in [2.24, 2.45) is 17.8 Å². The minimum atomic E-state index is -0.908. The van der Waals surface area contributed by atoms with Crippen LogP contribution < -0.4 is 0 Å². The molecule has 6 heteroatoms. The number of hydrogen-bond donors (Lipinski definition) is 1. The van der Waals surface area contributed by atoms with Crippen LogP contribution in [0, 0.1) is 17.8 Å². The number of Topliss-reactive ketones (excluding diaryl/α,β-unsaturated/α-hetero) is 1. The number of nitrogens with zero attached hydrogens (tertiary/aromatic N) is 2. The summed E-state index contributed by atoms with van der Waals surface area (Å²) in [6.45, 7) is 6.27. The van der Waals surface area contributed by atoms with Gasteiger partial charge in [0.25, 0.3) is 0 Å². The van der Waals surface area contributed by atoms with Crippen molar-refractivity contribution in [1.29, 1.82) is 0 Å². The van der Waals surface area contributed by atoms with Crippen molar-refractivity contribution < 1.29 is 19.1 Å². The number of hydrogen-bond acceptors (Lipinski definition) is 4. The highest BCUT2D eigenvalue weighted by Crippen LogP contribution is 2.37. The first kappa shape index (κ1) is 23.3. The van der Waals surface area contributed by atoms with Gasteiger partial charge in [0.2, 0.25) is 0 Å². The zero-order chi connectivity index (χ0) is 23.5. The third kappa shape index (κ3) is 5.21. The third-order valence-electron chi connectivity index (χ3n) is 6.93. The van der Waals surface area contributed by atoms with Crippen molar-refractivity contribution in [3.8, 4) is 0 Å². The topological polar surface area (TPSA) is 85.3 Å². The Morgan fingerprint density at radius 1 is 1.21 bits per heavy atom. The van der Waals surface area contributed by atoms with E-state index in [1.165, 1.54) is 19.3 Å². The molecule has 1 aromatic carbocycles. The van der Waals surface area contributed by atoms with Crippen LogP contribution in [0.3, 0.4) is 0 Å². The van der Waals surface area contributed by atoms with Gasteiger partial charge in [0, 0.05) is 18.0 Å². The van der Waals surface area contributed by atoms with Crippen LogP contribution in [0.1, 0.15) is 87.3 Å². The van der Waals surface area contributed by atoms with Gasteiger partial charge in [0.1, 0.15) is 11.6 Å². The van der Waals surface area contributed by atoms with E-state index in [0.717, 1.165) is 29.0 Å². The highest BCUT2D eigenvalue weighted by atomic mass is 16.4. The van der Waals surface area contributed by atoms with Gasteiger partial charge in [0.05, 0.1) is 29.6 Å². The number of furan rings is 1. The monoisotopic (exact) mass is 450 g/mol. The summed E-state index contributed by atoms with van der Waals surface area (Å²) in [6, 6.07) is 9.88. The molecule has 1 aliphatic carbocycles. The van der Waals surface area contributed by atoms with E-state index in [1.807, 2.05) is 44.2 Å². The van der Waals surface area contributed by atoms with Crippen molar-refractivity contribution in [3.05, 3.63) is 53.7 Å². The Labute approximate surface area is 195 Å². The number of aliphatic carboxylic acids is 1. The molecule has 1 aliphatic rings. The summed E-state index contributed by atoms with van der Waals surface area (Å²) in [6.07, 6.45) is 7.57. The Bertz CT molecular complexity index is 1110. The lowest BCUT2D eigenvalue weighted by atomic mass is 9.85. The first-order chi connectivity index (χ1) is 15.8. The smallest absolute Gasteiger partial charge is 0.306 e. The van der Waals surface area contributed by atoms with Gasteiger partial charge < -0.3 is 14.1 Å². The van der Waals surface area contributed by atoms with Crippen LogP contribution in [-0.2, 0) is 11.2 Å². The van der Waals surface area contributed by atoms with E-state index in [-0.39, 0.29) is 18.1 Å². The quantitative estimate of drug-likeness (QED) is 0.387. The molecule has 1 saturated carbocycles. The van der Waals surface area contributed by atoms with Gasteiger partial charge in [-0.05, 0) is 61.4 Å². The fourth-order valence-corrected chi connectivity index (χ4v) is 5.25. The molecule has 0 amide bonds. The number of benzene rings is 1. The number of carboxylic acids is 1. The molecule has 0 bridgehead atoms. The molecule has 0 radical (unpaired) electrons. The molecule has 2 unspecified atom stereocenters. The fraction of sp³-hybridized carbons (Fsp3) is 0.519. The van der Waals surface area contributed by atoms with Crippen molar-refractivity contribution in [1.82, 2.24) is 9.55 Å². The van der Waals surface area contributed by atoms with Crippen molar-refractivity contribution in [2.45, 2.75) is 71.8 Å². The summed E-state index contributed by atoms with van der Waals surface area (Å²) in [7, 11) is 0. The number of carbonyl (C=O) groups is 2. The Morgan fingerprint density at radius 2 is 2.00 bits per heavy atom. The second-order valence-corrected chi connectivity index (χ2v) is 9.98. The summed E-state index contributed by atoms with van der Waals surface area (Å²) in [4.78, 5) is 29.6. The van der Waals surface area contributed by atoms with E-state index >= 15 is 0 Å². The molecule has 2 heterocycles. The molecule has 0 aliphatic heterocycles. The van der Waals surface area contributed by atoms with Gasteiger partial charge in [-0.15, -0.1) is 0 Å². The lowest BCUT2D eigenvalue weighted by Crippen LogP contribution is -2.23. The van der Waals surface area contributed by atoms with Crippen molar-refractivity contribution in [3.63, 3.8) is 0 Å². The van der Waals surface area contributed by atoms with Crippen molar-refractivity contribution in [2.75, 3.05) is 0 Å². The Balaban J connectivity index is 1.68. The molecule has 176 valence electrons. The summed E-state index contributed by atoms with van der Waals surface area (Å²) >= 11 is 0. The molecule has 6 nitrogen and oxygen atoms in total. The van der Waals surface area contributed by atoms with E-state index in [0.29, 0.717) is 30.4 Å². The van der Waals surface area contributed by atoms with Gasteiger partial charge in [-0.3, -0.25) is 9.59 Å². The Hall–Kier alpha value is -2.89. The molecular formula is C27H34N2O4. The molecule has 33 heavy (non-hydrogen) atoms. The number of fused-ring (bicyclic) bond motifs is 1. The zero-order valence-electron chi connectivity index (χ0n) is 19.8. The van der Waals surface area contributed by atoms with Crippen LogP contribution >= 0.6 is 0 Å². The fourth-order valence-electron chi connectivity index (χ4n) is 5.25. The molecule has 3 aromatic rings. The molecule has 0 saturated heterocycles. The summed E-state index contributed by atoms with van der Waals surface area (Å²) in [5.41, 5.74) is 2.35. The Morgan fingerprint density at radius 3 is 2.67 bits per heavy atom. The van der Waals surface area contributed by atoms with Crippen LogP contribution in [-0.4, -0.2) is 26.4 Å². The van der Waals surface area contributed by atoms with E-state index in [2.05, 4.69) is 11.5 Å². The molecule has 1 fully saturated rings. The third-order valence-corrected chi connectivity index (χ3v) is 6.93. The SMILES string of the molecule is CC(C)C[C@H](CC(=O)c1ccc2c(c1)nc(Cc1ccco1)n2C1CCCCC1C)C(=O)O. The number of ketones is 1. The maximum Gasteiger partial charge on any atom is 0.306 e. The van der Waals surface area contributed by atoms with Crippen LogP contribution in [0.4, 0.5) is 0 Å². The number of carbonyl (C=O) groups excluding carboxylic acids is 1. The normalized spacial score (nSPS) is 19.8. The highest BCUT2D eigenvalue weighted by molar-refractivity contribution is 6.00. The number of aromatic nitrogens is 2. The molecule has 1 N–H and O–H groups in total. The molecule has 2 aromatic heterocycles. The van der Waals surface area contributed by atoms with Crippen molar-refractivity contribution >= 4 is 22.8 Å². The van der Waals surface area contributed by atoms with E-state index in [9.17, 15) is 14.7 Å². The van der Waals surface area contributed by atoms with Gasteiger partial charge in [-0.1, -0.05) is 33.6 Å². The molecule has 3 atom stereocenters. The largest absolute Gasteiger partial charge is 0.481 e. The van der Waals surface area contributed by atoms with Gasteiger partial charge in [0.15, 0.2) is 5.78 Å². The zero-order valence-corrected chi connectivity index (χ0v) is 19.8. The number of imidazole rings is 1. The van der Waals surface area contributed by atoms with Gasteiger partial charge in [-0.2, -0.15) is 0 Å². The second kappa shape index (κ2) is 9.94. The lowest BCUT2D eigenvalue weighted by Gasteiger charge is -2.31. The first-order valence-electron chi connectivity index (χ1n) is 12.1.